The zero-order chi connectivity index (χ0) is 20.9. The minimum absolute atomic E-state index is 0.0694. The third kappa shape index (κ3) is 2.82. The van der Waals surface area contributed by atoms with E-state index in [4.69, 9.17) is 5.73 Å². The summed E-state index contributed by atoms with van der Waals surface area (Å²) in [5, 5.41) is 11.4. The number of hydrogen-bond acceptors (Lipinski definition) is 4. The fourth-order valence-corrected chi connectivity index (χ4v) is 3.74. The third-order valence-corrected chi connectivity index (χ3v) is 5.47. The van der Waals surface area contributed by atoms with Crippen LogP contribution in [-0.4, -0.2) is 21.6 Å². The predicted molar refractivity (Wildman–Crippen MR) is 112 cm³/mol. The van der Waals surface area contributed by atoms with E-state index in [1.165, 1.54) is 13.1 Å². The molecule has 0 radical (unpaired) electrons. The van der Waals surface area contributed by atoms with Crippen LogP contribution >= 0.6 is 0 Å². The molecule has 4 aromatic rings. The zero-order valence-electron chi connectivity index (χ0n) is 16.0. The monoisotopic (exact) mass is 393 g/mol. The maximum atomic E-state index is 14.8. The number of aryl methyl sites for hydroxylation is 1. The number of aromatic amines is 2. The summed E-state index contributed by atoms with van der Waals surface area (Å²) in [7, 11) is 0. The highest BCUT2D eigenvalue weighted by molar-refractivity contribution is 6.14. The second kappa shape index (κ2) is 6.86. The average molecular weight is 393 g/mol. The first-order chi connectivity index (χ1) is 13.8. The molecular weight excluding hydrogens is 373 g/mol. The van der Waals surface area contributed by atoms with Crippen molar-refractivity contribution in [3.63, 3.8) is 0 Å². The first-order valence-electron chi connectivity index (χ1n) is 9.24. The number of aromatic hydroxyl groups is 1. The largest absolute Gasteiger partial charge is 0.504 e. The van der Waals surface area contributed by atoms with Crippen LogP contribution in [0.25, 0.3) is 32.8 Å². The summed E-state index contributed by atoms with van der Waals surface area (Å²) in [6.45, 7) is 3.96. The van der Waals surface area contributed by atoms with E-state index in [9.17, 15) is 19.1 Å². The summed E-state index contributed by atoms with van der Waals surface area (Å²) in [5.74, 6) is -1.19. The van der Waals surface area contributed by atoms with Gasteiger partial charge in [-0.05, 0) is 36.6 Å². The highest BCUT2D eigenvalue weighted by Crippen LogP contribution is 2.42. The SMILES string of the molecule is Cc1c(F)c(O)c(-c2ccc(C(C)CN)cc2)c2c1[nH]c(=O)c1c(=O)[nH]ccc12. The number of nitrogens with two attached hydrogens (primary N) is 1. The van der Waals surface area contributed by atoms with Gasteiger partial charge >= 0.3 is 0 Å². The highest BCUT2D eigenvalue weighted by Gasteiger charge is 2.22. The van der Waals surface area contributed by atoms with Crippen molar-refractivity contribution in [1.29, 1.82) is 0 Å². The van der Waals surface area contributed by atoms with Gasteiger partial charge in [0, 0.05) is 28.1 Å². The Bertz CT molecular complexity index is 1370. The van der Waals surface area contributed by atoms with Gasteiger partial charge in [-0.25, -0.2) is 4.39 Å². The Morgan fingerprint density at radius 2 is 1.79 bits per heavy atom. The molecule has 0 spiro atoms. The number of H-pyrrole nitrogens is 2. The number of halogens is 1. The van der Waals surface area contributed by atoms with E-state index in [-0.39, 0.29) is 27.9 Å². The van der Waals surface area contributed by atoms with Crippen molar-refractivity contribution < 1.29 is 9.50 Å². The maximum absolute atomic E-state index is 14.8. The molecule has 6 nitrogen and oxygen atoms in total. The Morgan fingerprint density at radius 1 is 1.10 bits per heavy atom. The lowest BCUT2D eigenvalue weighted by Crippen LogP contribution is -2.18. The Balaban J connectivity index is 2.18. The Kier molecular flexibility index (Phi) is 4.47. The van der Waals surface area contributed by atoms with Gasteiger partial charge in [-0.15, -0.1) is 0 Å². The molecule has 7 heteroatoms. The van der Waals surface area contributed by atoms with E-state index in [0.717, 1.165) is 5.56 Å². The van der Waals surface area contributed by atoms with Crippen LogP contribution in [0, 0.1) is 12.7 Å². The van der Waals surface area contributed by atoms with E-state index in [2.05, 4.69) is 9.97 Å². The molecule has 4 rings (SSSR count). The fourth-order valence-electron chi connectivity index (χ4n) is 3.74. The highest BCUT2D eigenvalue weighted by atomic mass is 19.1. The zero-order valence-corrected chi connectivity index (χ0v) is 16.0. The number of aromatic nitrogens is 2. The van der Waals surface area contributed by atoms with Crippen molar-refractivity contribution in [3.8, 4) is 16.9 Å². The molecule has 0 amide bonds. The summed E-state index contributed by atoms with van der Waals surface area (Å²) in [4.78, 5) is 29.8. The topological polar surface area (TPSA) is 112 Å². The Morgan fingerprint density at radius 3 is 2.45 bits per heavy atom. The molecule has 0 saturated heterocycles. The molecular formula is C22H20FN3O3. The Hall–Kier alpha value is -3.45. The Labute approximate surface area is 164 Å². The van der Waals surface area contributed by atoms with Crippen LogP contribution in [0.1, 0.15) is 24.0 Å². The summed E-state index contributed by atoms with van der Waals surface area (Å²) >= 11 is 0. The van der Waals surface area contributed by atoms with Gasteiger partial charge in [0.05, 0.1) is 5.52 Å². The number of hydrogen-bond donors (Lipinski definition) is 4. The third-order valence-electron chi connectivity index (χ3n) is 5.47. The molecule has 1 unspecified atom stereocenters. The fraction of sp³-hybridized carbons (Fsp3) is 0.182. The number of nitrogens with one attached hydrogen (secondary N) is 2. The lowest BCUT2D eigenvalue weighted by atomic mass is 9.92. The van der Waals surface area contributed by atoms with Gasteiger partial charge in [-0.3, -0.25) is 9.59 Å². The van der Waals surface area contributed by atoms with Crippen LogP contribution in [0.2, 0.25) is 0 Å². The lowest BCUT2D eigenvalue weighted by molar-refractivity contribution is 0.433. The normalized spacial score (nSPS) is 12.6. The van der Waals surface area contributed by atoms with Crippen molar-refractivity contribution in [2.24, 2.45) is 5.73 Å². The molecule has 5 N–H and O–H groups in total. The molecule has 0 aliphatic rings. The number of fused-ring (bicyclic) bond motifs is 3. The summed E-state index contributed by atoms with van der Waals surface area (Å²) < 4.78 is 14.8. The van der Waals surface area contributed by atoms with Crippen molar-refractivity contribution in [1.82, 2.24) is 9.97 Å². The van der Waals surface area contributed by atoms with Crippen LogP contribution in [0.4, 0.5) is 4.39 Å². The van der Waals surface area contributed by atoms with Crippen molar-refractivity contribution in [2.75, 3.05) is 6.54 Å². The molecule has 29 heavy (non-hydrogen) atoms. The number of benzene rings is 2. The van der Waals surface area contributed by atoms with E-state index in [0.29, 0.717) is 22.9 Å². The van der Waals surface area contributed by atoms with E-state index in [1.807, 2.05) is 19.1 Å². The second-order valence-electron chi connectivity index (χ2n) is 7.22. The minimum atomic E-state index is -0.813. The first-order valence-corrected chi connectivity index (χ1v) is 9.24. The van der Waals surface area contributed by atoms with E-state index in [1.54, 1.807) is 18.2 Å². The first kappa shape index (κ1) is 18.9. The van der Waals surface area contributed by atoms with Gasteiger partial charge in [0.15, 0.2) is 11.6 Å². The molecule has 1 atom stereocenters. The summed E-state index contributed by atoms with van der Waals surface area (Å²) in [6.07, 6.45) is 1.43. The molecule has 148 valence electrons. The van der Waals surface area contributed by atoms with Gasteiger partial charge in [0.25, 0.3) is 11.1 Å². The van der Waals surface area contributed by atoms with Crippen molar-refractivity contribution in [3.05, 3.63) is 74.2 Å². The molecule has 2 aromatic heterocycles. The second-order valence-corrected chi connectivity index (χ2v) is 7.22. The number of phenols is 1. The van der Waals surface area contributed by atoms with Crippen LogP contribution in [-0.2, 0) is 0 Å². The average Bonchev–Trinajstić information content (AvgIpc) is 2.73. The maximum Gasteiger partial charge on any atom is 0.261 e. The van der Waals surface area contributed by atoms with Gasteiger partial charge in [-0.1, -0.05) is 31.2 Å². The number of phenolic OH excluding ortho intramolecular Hbond substituents is 1. The van der Waals surface area contributed by atoms with Crippen LogP contribution in [0.15, 0.2) is 46.1 Å². The van der Waals surface area contributed by atoms with Gasteiger partial charge in [0.2, 0.25) is 0 Å². The molecule has 0 aliphatic carbocycles. The van der Waals surface area contributed by atoms with Gasteiger partial charge < -0.3 is 20.8 Å². The molecule has 0 bridgehead atoms. The van der Waals surface area contributed by atoms with Crippen molar-refractivity contribution in [2.45, 2.75) is 19.8 Å². The van der Waals surface area contributed by atoms with Gasteiger partial charge in [-0.2, -0.15) is 0 Å². The van der Waals surface area contributed by atoms with Crippen LogP contribution < -0.4 is 16.9 Å². The molecule has 2 aromatic carbocycles. The molecule has 2 heterocycles. The summed E-state index contributed by atoms with van der Waals surface area (Å²) in [5.41, 5.74) is 6.72. The summed E-state index contributed by atoms with van der Waals surface area (Å²) in [6, 6.07) is 8.87. The van der Waals surface area contributed by atoms with Crippen molar-refractivity contribution >= 4 is 21.7 Å². The van der Waals surface area contributed by atoms with Gasteiger partial charge in [0.1, 0.15) is 5.39 Å². The molecule has 0 fully saturated rings. The standard InChI is InChI=1S/C22H20FN3O3/c1-10(9-24)12-3-5-13(6-4-12)15-16-14-7-8-25-21(28)17(14)22(29)26-19(16)11(2)18(23)20(15)27/h3-8,10,27H,9,24H2,1-2H3,(H,25,28)(H,26,29). The smallest absolute Gasteiger partial charge is 0.261 e. The quantitative estimate of drug-likeness (QED) is 0.400. The molecule has 0 aliphatic heterocycles. The van der Waals surface area contributed by atoms with E-state index < -0.39 is 22.7 Å². The molecule has 0 saturated carbocycles. The lowest BCUT2D eigenvalue weighted by Gasteiger charge is -2.16. The van der Waals surface area contributed by atoms with Crippen LogP contribution in [0.5, 0.6) is 5.75 Å². The number of rotatable bonds is 3. The minimum Gasteiger partial charge on any atom is -0.504 e. The number of pyridine rings is 2. The predicted octanol–water partition coefficient (Wildman–Crippen LogP) is 3.25. The van der Waals surface area contributed by atoms with Crippen LogP contribution in [0.3, 0.4) is 0 Å². The van der Waals surface area contributed by atoms with E-state index >= 15 is 0 Å².